The Labute approximate surface area is 282 Å². The molecule has 0 aromatic heterocycles. The Kier molecular flexibility index (Phi) is 11.9. The summed E-state index contributed by atoms with van der Waals surface area (Å²) >= 11 is 12.8. The van der Waals surface area contributed by atoms with Crippen LogP contribution < -0.4 is 9.62 Å². The summed E-state index contributed by atoms with van der Waals surface area (Å²) in [4.78, 5) is 30.0. The van der Waals surface area contributed by atoms with Crippen LogP contribution in [0.3, 0.4) is 0 Å². The lowest BCUT2D eigenvalue weighted by molar-refractivity contribution is -0.140. The zero-order valence-electron chi connectivity index (χ0n) is 26.4. The lowest BCUT2D eigenvalue weighted by Crippen LogP contribution is -2.53. The zero-order valence-corrected chi connectivity index (χ0v) is 28.7. The van der Waals surface area contributed by atoms with E-state index in [4.69, 9.17) is 23.2 Å². The lowest BCUT2D eigenvalue weighted by atomic mass is 10.0. The molecule has 0 bridgehead atoms. The fraction of sp³-hybridized carbons (Fsp3) is 0.278. The standard InChI is InChI=1S/C36H39Cl2N3O4S/c1-25(2)22-39-36(43)34(20-28-11-7-5-8-12-28)40(23-29-15-16-30(37)21-33(29)38)35(42)24-41(31-18-26(3)17-27(4)19-31)46(44,45)32-13-9-6-10-14-32/h5-19,21,25,34H,20,22-24H2,1-4H3,(H,39,43). The van der Waals surface area contributed by atoms with E-state index in [1.165, 1.54) is 17.0 Å². The number of halogens is 2. The van der Waals surface area contributed by atoms with Gasteiger partial charge < -0.3 is 10.2 Å². The van der Waals surface area contributed by atoms with Gasteiger partial charge in [-0.2, -0.15) is 0 Å². The molecule has 1 unspecified atom stereocenters. The highest BCUT2D eigenvalue weighted by atomic mass is 35.5. The summed E-state index contributed by atoms with van der Waals surface area (Å²) in [5, 5.41) is 3.74. The summed E-state index contributed by atoms with van der Waals surface area (Å²) in [5.74, 6) is -0.739. The minimum absolute atomic E-state index is 0.0461. The summed E-state index contributed by atoms with van der Waals surface area (Å²) < 4.78 is 29.5. The number of anilines is 1. The normalized spacial score (nSPS) is 12.1. The molecule has 46 heavy (non-hydrogen) atoms. The second-order valence-electron chi connectivity index (χ2n) is 11.8. The number of amides is 2. The van der Waals surface area contributed by atoms with Gasteiger partial charge in [0.2, 0.25) is 11.8 Å². The molecule has 0 fully saturated rings. The van der Waals surface area contributed by atoms with Crippen LogP contribution in [-0.2, 0) is 32.6 Å². The molecule has 0 spiro atoms. The molecule has 0 aliphatic heterocycles. The number of rotatable bonds is 13. The van der Waals surface area contributed by atoms with Crippen LogP contribution >= 0.6 is 23.2 Å². The molecule has 1 atom stereocenters. The predicted octanol–water partition coefficient (Wildman–Crippen LogP) is 7.22. The third-order valence-corrected chi connectivity index (χ3v) is 9.79. The molecular formula is C36H39Cl2N3O4S. The number of hydrogen-bond acceptors (Lipinski definition) is 4. The second-order valence-corrected chi connectivity index (χ2v) is 14.5. The smallest absolute Gasteiger partial charge is 0.264 e. The Morgan fingerprint density at radius 3 is 2.02 bits per heavy atom. The lowest BCUT2D eigenvalue weighted by Gasteiger charge is -2.34. The maximum atomic E-state index is 14.6. The van der Waals surface area contributed by atoms with Gasteiger partial charge in [0, 0.05) is 29.6 Å². The highest BCUT2D eigenvalue weighted by Crippen LogP contribution is 2.28. The third-order valence-electron chi connectivity index (χ3n) is 7.42. The first-order valence-electron chi connectivity index (χ1n) is 15.1. The summed E-state index contributed by atoms with van der Waals surface area (Å²) in [7, 11) is -4.19. The van der Waals surface area contributed by atoms with E-state index in [-0.39, 0.29) is 29.7 Å². The first-order valence-corrected chi connectivity index (χ1v) is 17.3. The van der Waals surface area contributed by atoms with E-state index in [1.54, 1.807) is 48.5 Å². The van der Waals surface area contributed by atoms with Crippen molar-refractivity contribution in [3.8, 4) is 0 Å². The van der Waals surface area contributed by atoms with E-state index in [9.17, 15) is 18.0 Å². The number of nitrogens with zero attached hydrogens (tertiary/aromatic N) is 2. The predicted molar refractivity (Wildman–Crippen MR) is 186 cm³/mol. The van der Waals surface area contributed by atoms with E-state index in [1.807, 2.05) is 64.1 Å². The summed E-state index contributed by atoms with van der Waals surface area (Å²) in [6.07, 6.45) is 0.205. The zero-order chi connectivity index (χ0) is 33.4. The molecule has 0 heterocycles. The average molecular weight is 681 g/mol. The van der Waals surface area contributed by atoms with Crippen molar-refractivity contribution in [1.29, 1.82) is 0 Å². The Balaban J connectivity index is 1.83. The number of nitrogens with one attached hydrogen (secondary N) is 1. The van der Waals surface area contributed by atoms with Crippen molar-refractivity contribution >= 4 is 50.7 Å². The molecule has 0 aliphatic carbocycles. The number of hydrogen-bond donors (Lipinski definition) is 1. The van der Waals surface area contributed by atoms with Gasteiger partial charge >= 0.3 is 0 Å². The SMILES string of the molecule is Cc1cc(C)cc(N(CC(=O)N(Cc2ccc(Cl)cc2Cl)C(Cc2ccccc2)C(=O)NCC(C)C)S(=O)(=O)c2ccccc2)c1. The third kappa shape index (κ3) is 9.12. The van der Waals surface area contributed by atoms with Crippen LogP contribution in [0.2, 0.25) is 10.0 Å². The molecule has 4 aromatic rings. The fourth-order valence-electron chi connectivity index (χ4n) is 5.15. The molecule has 1 N–H and O–H groups in total. The van der Waals surface area contributed by atoms with E-state index in [0.717, 1.165) is 21.0 Å². The molecule has 10 heteroatoms. The summed E-state index contributed by atoms with van der Waals surface area (Å²) in [6, 6.07) is 26.8. The van der Waals surface area contributed by atoms with Gasteiger partial charge in [-0.05, 0) is 78.4 Å². The average Bonchev–Trinajstić information content (AvgIpc) is 3.01. The fourth-order valence-corrected chi connectivity index (χ4v) is 7.04. The van der Waals surface area contributed by atoms with Gasteiger partial charge in [0.15, 0.2) is 0 Å². The van der Waals surface area contributed by atoms with Crippen LogP contribution in [0.5, 0.6) is 0 Å². The van der Waals surface area contributed by atoms with E-state index in [0.29, 0.717) is 27.8 Å². The van der Waals surface area contributed by atoms with Crippen molar-refractivity contribution in [3.05, 3.63) is 129 Å². The molecule has 7 nitrogen and oxygen atoms in total. The molecule has 0 aliphatic rings. The van der Waals surface area contributed by atoms with Gasteiger partial charge in [-0.3, -0.25) is 13.9 Å². The molecule has 4 rings (SSSR count). The Morgan fingerprint density at radius 2 is 1.43 bits per heavy atom. The first-order chi connectivity index (χ1) is 21.8. The molecule has 242 valence electrons. The maximum absolute atomic E-state index is 14.6. The summed E-state index contributed by atoms with van der Waals surface area (Å²) in [5.41, 5.74) is 3.45. The number of carbonyl (C=O) groups excluding carboxylic acids is 2. The minimum atomic E-state index is -4.19. The van der Waals surface area contributed by atoms with Crippen molar-refractivity contribution < 1.29 is 18.0 Å². The van der Waals surface area contributed by atoms with E-state index >= 15 is 0 Å². The quantitative estimate of drug-likeness (QED) is 0.162. The Bertz CT molecular complexity index is 1750. The summed E-state index contributed by atoms with van der Waals surface area (Å²) in [6.45, 7) is 7.52. The number of benzene rings is 4. The van der Waals surface area contributed by atoms with Gasteiger partial charge in [0.05, 0.1) is 10.6 Å². The molecule has 0 saturated heterocycles. The van der Waals surface area contributed by atoms with Crippen molar-refractivity contribution in [2.75, 3.05) is 17.4 Å². The number of carbonyl (C=O) groups is 2. The van der Waals surface area contributed by atoms with Gasteiger partial charge in [-0.15, -0.1) is 0 Å². The molecule has 2 amide bonds. The van der Waals surface area contributed by atoms with Crippen LogP contribution in [0.4, 0.5) is 5.69 Å². The molecular weight excluding hydrogens is 641 g/mol. The van der Waals surface area contributed by atoms with Crippen LogP contribution in [-0.4, -0.2) is 44.3 Å². The highest BCUT2D eigenvalue weighted by Gasteiger charge is 2.35. The van der Waals surface area contributed by atoms with E-state index in [2.05, 4.69) is 5.32 Å². The van der Waals surface area contributed by atoms with Crippen LogP contribution in [0.25, 0.3) is 0 Å². The van der Waals surface area contributed by atoms with Crippen LogP contribution in [0.15, 0.2) is 102 Å². The monoisotopic (exact) mass is 679 g/mol. The maximum Gasteiger partial charge on any atom is 0.264 e. The number of sulfonamides is 1. The molecule has 0 saturated carbocycles. The van der Waals surface area contributed by atoms with Crippen LogP contribution in [0.1, 0.15) is 36.1 Å². The van der Waals surface area contributed by atoms with Crippen molar-refractivity contribution in [2.24, 2.45) is 5.92 Å². The largest absolute Gasteiger partial charge is 0.354 e. The highest BCUT2D eigenvalue weighted by molar-refractivity contribution is 7.92. The molecule has 0 radical (unpaired) electrons. The van der Waals surface area contributed by atoms with Gasteiger partial charge in [-0.25, -0.2) is 8.42 Å². The van der Waals surface area contributed by atoms with Gasteiger partial charge in [0.1, 0.15) is 12.6 Å². The Morgan fingerprint density at radius 1 is 0.826 bits per heavy atom. The molecule has 4 aromatic carbocycles. The second kappa shape index (κ2) is 15.6. The van der Waals surface area contributed by atoms with Crippen molar-refractivity contribution in [3.63, 3.8) is 0 Å². The van der Waals surface area contributed by atoms with Gasteiger partial charge in [-0.1, -0.05) is 97.7 Å². The van der Waals surface area contributed by atoms with Gasteiger partial charge in [0.25, 0.3) is 10.0 Å². The first kappa shape index (κ1) is 35.0. The number of aryl methyl sites for hydroxylation is 2. The van der Waals surface area contributed by atoms with Crippen molar-refractivity contribution in [1.82, 2.24) is 10.2 Å². The van der Waals surface area contributed by atoms with E-state index < -0.39 is 28.5 Å². The van der Waals surface area contributed by atoms with Crippen LogP contribution in [0, 0.1) is 19.8 Å². The minimum Gasteiger partial charge on any atom is -0.354 e. The topological polar surface area (TPSA) is 86.8 Å². The Hall–Kier alpha value is -3.85. The van der Waals surface area contributed by atoms with Crippen molar-refractivity contribution in [2.45, 2.75) is 51.6 Å².